The van der Waals surface area contributed by atoms with Crippen LogP contribution in [0.1, 0.15) is 5.56 Å². The van der Waals surface area contributed by atoms with Crippen LogP contribution in [0.5, 0.6) is 11.5 Å². The summed E-state index contributed by atoms with van der Waals surface area (Å²) in [5, 5.41) is 0.210. The van der Waals surface area contributed by atoms with Crippen molar-refractivity contribution in [2.24, 2.45) is 0 Å². The van der Waals surface area contributed by atoms with E-state index >= 15 is 0 Å². The SMILES string of the molecule is Fc1cc(C(F)(F)F)cc(F)c1Oc1cc(Cl)c(Cl)cc1Br. The minimum atomic E-state index is -4.87. The van der Waals surface area contributed by atoms with E-state index in [1.165, 1.54) is 12.1 Å². The van der Waals surface area contributed by atoms with Gasteiger partial charge >= 0.3 is 6.18 Å². The van der Waals surface area contributed by atoms with E-state index in [0.29, 0.717) is 0 Å². The van der Waals surface area contributed by atoms with Gasteiger partial charge in [-0.1, -0.05) is 23.2 Å². The van der Waals surface area contributed by atoms with Crippen molar-refractivity contribution < 1.29 is 26.7 Å². The highest BCUT2D eigenvalue weighted by Gasteiger charge is 2.33. The molecule has 22 heavy (non-hydrogen) atoms. The van der Waals surface area contributed by atoms with Gasteiger partial charge in [0.15, 0.2) is 17.4 Å². The first-order chi connectivity index (χ1) is 10.1. The molecule has 0 saturated carbocycles. The zero-order valence-electron chi connectivity index (χ0n) is 10.2. The van der Waals surface area contributed by atoms with Gasteiger partial charge in [-0.2, -0.15) is 13.2 Å². The van der Waals surface area contributed by atoms with Gasteiger partial charge in [0.25, 0.3) is 0 Å². The molecule has 0 heterocycles. The number of rotatable bonds is 2. The van der Waals surface area contributed by atoms with Crippen LogP contribution in [0.3, 0.4) is 0 Å². The zero-order chi connectivity index (χ0) is 16.7. The molecule has 1 nitrogen and oxygen atoms in total. The molecule has 0 aliphatic rings. The van der Waals surface area contributed by atoms with Crippen molar-refractivity contribution in [2.45, 2.75) is 6.18 Å². The summed E-state index contributed by atoms with van der Waals surface area (Å²) < 4.78 is 70.0. The van der Waals surface area contributed by atoms with Crippen LogP contribution in [-0.4, -0.2) is 0 Å². The van der Waals surface area contributed by atoms with Crippen LogP contribution in [0.15, 0.2) is 28.7 Å². The quantitative estimate of drug-likeness (QED) is 0.380. The van der Waals surface area contributed by atoms with Crippen molar-refractivity contribution in [3.63, 3.8) is 0 Å². The standard InChI is InChI=1S/C13H4BrCl2F5O/c14-6-3-7(15)8(16)4-11(6)22-12-9(17)1-5(2-10(12)18)13(19,20)21/h1-4H. The van der Waals surface area contributed by atoms with E-state index in [1.54, 1.807) is 0 Å². The number of alkyl halides is 3. The van der Waals surface area contributed by atoms with Crippen LogP contribution in [0.2, 0.25) is 10.0 Å². The van der Waals surface area contributed by atoms with Gasteiger partial charge < -0.3 is 4.74 Å². The average Bonchev–Trinajstić information content (AvgIpc) is 2.38. The van der Waals surface area contributed by atoms with Crippen molar-refractivity contribution >= 4 is 39.1 Å². The molecular formula is C13H4BrCl2F5O. The smallest absolute Gasteiger partial charge is 0.416 e. The van der Waals surface area contributed by atoms with E-state index in [9.17, 15) is 22.0 Å². The van der Waals surface area contributed by atoms with Crippen LogP contribution < -0.4 is 4.74 Å². The van der Waals surface area contributed by atoms with Gasteiger partial charge in [0.2, 0.25) is 0 Å². The van der Waals surface area contributed by atoms with E-state index in [2.05, 4.69) is 15.9 Å². The molecule has 0 amide bonds. The minimum absolute atomic E-state index is 0.0487. The van der Waals surface area contributed by atoms with Gasteiger partial charge in [-0.3, -0.25) is 0 Å². The molecule has 0 atom stereocenters. The third kappa shape index (κ3) is 3.64. The molecule has 0 fully saturated rings. The summed E-state index contributed by atoms with van der Waals surface area (Å²) in [5.41, 5.74) is -1.46. The first-order valence-corrected chi connectivity index (χ1v) is 7.03. The molecule has 0 aliphatic carbocycles. The lowest BCUT2D eigenvalue weighted by Gasteiger charge is -2.13. The number of halogens is 8. The Morgan fingerprint density at radius 3 is 1.91 bits per heavy atom. The Kier molecular flexibility index (Phi) is 4.89. The Bertz CT molecular complexity index is 710. The normalized spacial score (nSPS) is 11.6. The molecule has 2 rings (SSSR count). The number of ether oxygens (including phenoxy) is 1. The second kappa shape index (κ2) is 6.22. The van der Waals surface area contributed by atoms with Crippen molar-refractivity contribution in [3.8, 4) is 11.5 Å². The number of hydrogen-bond donors (Lipinski definition) is 0. The zero-order valence-corrected chi connectivity index (χ0v) is 13.3. The van der Waals surface area contributed by atoms with Gasteiger partial charge in [0.05, 0.1) is 20.1 Å². The summed E-state index contributed by atoms with van der Waals surface area (Å²) in [6, 6.07) is 2.78. The van der Waals surface area contributed by atoms with Crippen LogP contribution in [0, 0.1) is 11.6 Å². The molecule has 0 bridgehead atoms. The summed E-state index contributed by atoms with van der Waals surface area (Å²) in [6.45, 7) is 0. The van der Waals surface area contributed by atoms with Crippen molar-refractivity contribution in [1.82, 2.24) is 0 Å². The highest BCUT2D eigenvalue weighted by molar-refractivity contribution is 9.10. The summed E-state index contributed by atoms with van der Waals surface area (Å²) in [6.07, 6.45) is -4.87. The Balaban J connectivity index is 2.45. The first kappa shape index (κ1) is 17.3. The highest BCUT2D eigenvalue weighted by atomic mass is 79.9. The van der Waals surface area contributed by atoms with Gasteiger partial charge in [0, 0.05) is 6.07 Å². The van der Waals surface area contributed by atoms with Crippen LogP contribution >= 0.6 is 39.1 Å². The molecule has 9 heteroatoms. The Morgan fingerprint density at radius 1 is 0.909 bits per heavy atom. The van der Waals surface area contributed by atoms with E-state index < -0.39 is 29.1 Å². The number of hydrogen-bond acceptors (Lipinski definition) is 1. The van der Waals surface area contributed by atoms with Gasteiger partial charge in [-0.05, 0) is 34.1 Å². The third-order valence-corrected chi connectivity index (χ3v) is 3.85. The Morgan fingerprint density at radius 2 is 1.41 bits per heavy atom. The predicted molar refractivity (Wildman–Crippen MR) is 75.6 cm³/mol. The monoisotopic (exact) mass is 420 g/mol. The fourth-order valence-electron chi connectivity index (χ4n) is 1.51. The van der Waals surface area contributed by atoms with Crippen LogP contribution in [0.25, 0.3) is 0 Å². The van der Waals surface area contributed by atoms with Crippen LogP contribution in [-0.2, 0) is 6.18 Å². The van der Waals surface area contributed by atoms with Gasteiger partial charge in [-0.15, -0.1) is 0 Å². The summed E-state index contributed by atoms with van der Waals surface area (Å²) in [5.74, 6) is -4.07. The molecule has 0 aromatic heterocycles. The number of benzene rings is 2. The maximum Gasteiger partial charge on any atom is 0.416 e. The van der Waals surface area contributed by atoms with Crippen molar-refractivity contribution in [3.05, 3.63) is 56.0 Å². The maximum atomic E-state index is 13.7. The fraction of sp³-hybridized carbons (Fsp3) is 0.0769. The first-order valence-electron chi connectivity index (χ1n) is 5.48. The fourth-order valence-corrected chi connectivity index (χ4v) is 2.39. The second-order valence-corrected chi connectivity index (χ2v) is 5.73. The van der Waals surface area contributed by atoms with E-state index in [1.807, 2.05) is 0 Å². The van der Waals surface area contributed by atoms with Gasteiger partial charge in [0.1, 0.15) is 5.75 Å². The molecule has 0 radical (unpaired) electrons. The molecule has 0 N–H and O–H groups in total. The predicted octanol–water partition coefficient (Wildman–Crippen LogP) is 6.85. The maximum absolute atomic E-state index is 13.7. The lowest BCUT2D eigenvalue weighted by molar-refractivity contribution is -0.138. The topological polar surface area (TPSA) is 9.23 Å². The van der Waals surface area contributed by atoms with Gasteiger partial charge in [-0.25, -0.2) is 8.78 Å². The lowest BCUT2D eigenvalue weighted by Crippen LogP contribution is -2.07. The van der Waals surface area contributed by atoms with Crippen molar-refractivity contribution in [1.29, 1.82) is 0 Å². The van der Waals surface area contributed by atoms with E-state index in [-0.39, 0.29) is 32.4 Å². The molecule has 2 aromatic carbocycles. The Hall–Kier alpha value is -1.05. The molecule has 118 valence electrons. The molecule has 2 aromatic rings. The average molecular weight is 422 g/mol. The molecule has 0 spiro atoms. The van der Waals surface area contributed by atoms with Crippen LogP contribution in [0.4, 0.5) is 22.0 Å². The molecule has 0 unspecified atom stereocenters. The largest absolute Gasteiger partial charge is 0.450 e. The third-order valence-electron chi connectivity index (χ3n) is 2.51. The molecular weight excluding hydrogens is 418 g/mol. The second-order valence-electron chi connectivity index (χ2n) is 4.07. The summed E-state index contributed by atoms with van der Waals surface area (Å²) >= 11 is 14.5. The lowest BCUT2D eigenvalue weighted by atomic mass is 10.2. The highest BCUT2D eigenvalue weighted by Crippen LogP contribution is 2.39. The molecule has 0 aliphatic heterocycles. The van der Waals surface area contributed by atoms with Crippen molar-refractivity contribution in [2.75, 3.05) is 0 Å². The van der Waals surface area contributed by atoms with E-state index in [0.717, 1.165) is 0 Å². The minimum Gasteiger partial charge on any atom is -0.450 e. The summed E-state index contributed by atoms with van der Waals surface area (Å²) in [7, 11) is 0. The molecule has 0 saturated heterocycles. The van der Waals surface area contributed by atoms with E-state index in [4.69, 9.17) is 27.9 Å². The summed E-state index contributed by atoms with van der Waals surface area (Å²) in [4.78, 5) is 0. The Labute approximate surface area is 139 Å².